The Kier molecular flexibility index (Phi) is 9.50. The molecule has 172 valence electrons. The maximum atomic E-state index is 12.1. The van der Waals surface area contributed by atoms with Gasteiger partial charge in [-0.1, -0.05) is 44.0 Å². The molecule has 0 aliphatic rings. The molecule has 0 spiro atoms. The molecule has 12 heteroatoms. The number of carbonyl (C=O) groups is 2. The smallest absolute Gasteiger partial charge is 0.276 e. The number of fused-ring (bicyclic) bond motifs is 1. The number of amides is 2. The maximum absolute atomic E-state index is 12.1. The standard InChI is InChI=1S/C21H15Br4N3O4S/c22-12-2-4-14-11(7-12)1-5-17(20(14)25)32-9-18(29)26-21(33)28-27-19(30)10-31-16-6-3-13(23)8-15(16)24/h1-8H,9-10H2,(H,27,30)(H2,26,28,29,33). The molecule has 33 heavy (non-hydrogen) atoms. The normalized spacial score (nSPS) is 10.4. The van der Waals surface area contributed by atoms with Crippen molar-refractivity contribution in [2.75, 3.05) is 13.2 Å². The van der Waals surface area contributed by atoms with Crippen LogP contribution in [-0.4, -0.2) is 30.1 Å². The molecule has 3 N–H and O–H groups in total. The molecular formula is C21H15Br4N3O4S. The summed E-state index contributed by atoms with van der Waals surface area (Å²) in [4.78, 5) is 24.1. The minimum absolute atomic E-state index is 0.0794. The van der Waals surface area contributed by atoms with Crippen molar-refractivity contribution in [3.05, 3.63) is 66.4 Å². The van der Waals surface area contributed by atoms with Crippen molar-refractivity contribution in [2.24, 2.45) is 0 Å². The molecule has 0 bridgehead atoms. The summed E-state index contributed by atoms with van der Waals surface area (Å²) >= 11 is 18.7. The third kappa shape index (κ3) is 7.64. The van der Waals surface area contributed by atoms with Crippen LogP contribution in [0, 0.1) is 0 Å². The van der Waals surface area contributed by atoms with Gasteiger partial charge in [0.05, 0.1) is 8.95 Å². The quantitative estimate of drug-likeness (QED) is 0.234. The molecule has 0 aromatic heterocycles. The third-order valence-electron chi connectivity index (χ3n) is 4.06. The number of thiocarbonyl (C=S) groups is 1. The highest BCUT2D eigenvalue weighted by Gasteiger charge is 2.11. The molecular weight excluding hydrogens is 710 g/mol. The summed E-state index contributed by atoms with van der Waals surface area (Å²) in [6.07, 6.45) is 0. The first kappa shape index (κ1) is 25.9. The van der Waals surface area contributed by atoms with Crippen molar-refractivity contribution in [3.63, 3.8) is 0 Å². The van der Waals surface area contributed by atoms with Crippen LogP contribution in [-0.2, 0) is 9.59 Å². The molecule has 3 aromatic carbocycles. The van der Waals surface area contributed by atoms with Gasteiger partial charge >= 0.3 is 0 Å². The number of rotatable bonds is 6. The Morgan fingerprint density at radius 3 is 2.18 bits per heavy atom. The Balaban J connectivity index is 1.42. The van der Waals surface area contributed by atoms with Gasteiger partial charge < -0.3 is 9.47 Å². The molecule has 0 aliphatic heterocycles. The van der Waals surface area contributed by atoms with Crippen molar-refractivity contribution in [3.8, 4) is 11.5 Å². The van der Waals surface area contributed by atoms with Crippen LogP contribution < -0.4 is 25.6 Å². The molecule has 2 amide bonds. The number of ether oxygens (including phenoxy) is 2. The molecule has 7 nitrogen and oxygen atoms in total. The number of hydrogen-bond acceptors (Lipinski definition) is 5. The monoisotopic (exact) mass is 721 g/mol. The summed E-state index contributed by atoms with van der Waals surface area (Å²) in [6.45, 7) is -0.517. The lowest BCUT2D eigenvalue weighted by Crippen LogP contribution is -2.50. The van der Waals surface area contributed by atoms with E-state index in [0.29, 0.717) is 16.0 Å². The van der Waals surface area contributed by atoms with Crippen LogP contribution in [0.3, 0.4) is 0 Å². The molecule has 0 heterocycles. The van der Waals surface area contributed by atoms with Gasteiger partial charge in [0.25, 0.3) is 11.8 Å². The molecule has 0 saturated carbocycles. The van der Waals surface area contributed by atoms with E-state index in [4.69, 9.17) is 21.7 Å². The van der Waals surface area contributed by atoms with E-state index in [1.807, 2.05) is 24.3 Å². The third-order valence-corrected chi connectivity index (χ3v) is 6.69. The molecule has 0 saturated heterocycles. The molecule has 3 rings (SSSR count). The second-order valence-electron chi connectivity index (χ2n) is 6.45. The van der Waals surface area contributed by atoms with E-state index >= 15 is 0 Å². The number of carbonyl (C=O) groups excluding carboxylic acids is 2. The Morgan fingerprint density at radius 2 is 1.42 bits per heavy atom. The first-order valence-corrected chi connectivity index (χ1v) is 12.8. The van der Waals surface area contributed by atoms with Crippen molar-refractivity contribution in [1.82, 2.24) is 16.2 Å². The van der Waals surface area contributed by atoms with Gasteiger partial charge in [-0.3, -0.25) is 25.8 Å². The van der Waals surface area contributed by atoms with Gasteiger partial charge in [0, 0.05) is 8.95 Å². The van der Waals surface area contributed by atoms with Gasteiger partial charge in [0.2, 0.25) is 0 Å². The van der Waals surface area contributed by atoms with Gasteiger partial charge in [0.1, 0.15) is 11.5 Å². The maximum Gasteiger partial charge on any atom is 0.276 e. The second kappa shape index (κ2) is 12.1. The summed E-state index contributed by atoms with van der Waals surface area (Å²) < 4.78 is 14.3. The minimum atomic E-state index is -0.486. The van der Waals surface area contributed by atoms with E-state index in [2.05, 4.69) is 79.9 Å². The minimum Gasteiger partial charge on any atom is -0.483 e. The molecule has 0 unspecified atom stereocenters. The molecule has 0 atom stereocenters. The number of nitrogens with one attached hydrogen (secondary N) is 3. The van der Waals surface area contributed by atoms with E-state index in [-0.39, 0.29) is 18.3 Å². The molecule has 0 radical (unpaired) electrons. The fourth-order valence-corrected chi connectivity index (χ4v) is 4.90. The SMILES string of the molecule is O=C(COc1ccc(Br)cc1Br)NNC(=S)NC(=O)COc1ccc2cc(Br)ccc2c1Br. The Bertz CT molecular complexity index is 1230. The second-order valence-corrected chi connectivity index (χ2v) is 10.3. The van der Waals surface area contributed by atoms with Crippen LogP contribution in [0.25, 0.3) is 10.8 Å². The fourth-order valence-electron chi connectivity index (χ4n) is 2.59. The highest BCUT2D eigenvalue weighted by molar-refractivity contribution is 9.11. The zero-order valence-electron chi connectivity index (χ0n) is 16.6. The zero-order valence-corrected chi connectivity index (χ0v) is 23.7. The van der Waals surface area contributed by atoms with Gasteiger partial charge in [-0.2, -0.15) is 0 Å². The average molecular weight is 725 g/mol. The van der Waals surface area contributed by atoms with Crippen LogP contribution in [0.15, 0.2) is 66.4 Å². The van der Waals surface area contributed by atoms with Crippen molar-refractivity contribution < 1.29 is 19.1 Å². The van der Waals surface area contributed by atoms with Crippen LogP contribution >= 0.6 is 75.9 Å². The number of halogens is 4. The van der Waals surface area contributed by atoms with Crippen molar-refractivity contribution >= 4 is 104 Å². The van der Waals surface area contributed by atoms with Gasteiger partial charge in [-0.05, 0) is 91.2 Å². The zero-order chi connectivity index (χ0) is 24.0. The number of hydrazine groups is 1. The Morgan fingerprint density at radius 1 is 0.788 bits per heavy atom. The summed E-state index contributed by atoms with van der Waals surface area (Å²) in [5.41, 5.74) is 4.79. The number of hydrogen-bond donors (Lipinski definition) is 3. The van der Waals surface area contributed by atoms with Crippen LogP contribution in [0.1, 0.15) is 0 Å². The van der Waals surface area contributed by atoms with Gasteiger partial charge in [-0.15, -0.1) is 0 Å². The van der Waals surface area contributed by atoms with E-state index in [0.717, 1.165) is 24.2 Å². The topological polar surface area (TPSA) is 88.7 Å². The van der Waals surface area contributed by atoms with Gasteiger partial charge in [-0.25, -0.2) is 0 Å². The lowest BCUT2D eigenvalue weighted by molar-refractivity contribution is -0.124. The summed E-state index contributed by atoms with van der Waals surface area (Å²) in [5.74, 6) is 0.0567. The van der Waals surface area contributed by atoms with E-state index in [9.17, 15) is 9.59 Å². The Labute approximate surface area is 228 Å². The van der Waals surface area contributed by atoms with E-state index in [1.54, 1.807) is 24.3 Å². The Hall–Kier alpha value is -1.73. The molecule has 0 fully saturated rings. The van der Waals surface area contributed by atoms with Crippen LogP contribution in [0.5, 0.6) is 11.5 Å². The van der Waals surface area contributed by atoms with Crippen LogP contribution in [0.4, 0.5) is 0 Å². The largest absolute Gasteiger partial charge is 0.483 e. The molecule has 3 aromatic rings. The summed E-state index contributed by atoms with van der Waals surface area (Å²) in [5, 5.41) is 4.32. The predicted molar refractivity (Wildman–Crippen MR) is 144 cm³/mol. The van der Waals surface area contributed by atoms with Crippen molar-refractivity contribution in [1.29, 1.82) is 0 Å². The van der Waals surface area contributed by atoms with Crippen LogP contribution in [0.2, 0.25) is 0 Å². The predicted octanol–water partition coefficient (Wildman–Crippen LogP) is 5.37. The summed E-state index contributed by atoms with van der Waals surface area (Å²) in [6, 6.07) is 14.8. The first-order valence-electron chi connectivity index (χ1n) is 9.20. The highest BCUT2D eigenvalue weighted by atomic mass is 79.9. The summed E-state index contributed by atoms with van der Waals surface area (Å²) in [7, 11) is 0. The van der Waals surface area contributed by atoms with Crippen molar-refractivity contribution in [2.45, 2.75) is 0 Å². The lowest BCUT2D eigenvalue weighted by Gasteiger charge is -2.13. The fraction of sp³-hybridized carbons (Fsp3) is 0.0952. The number of benzene rings is 3. The lowest BCUT2D eigenvalue weighted by atomic mass is 10.1. The molecule has 0 aliphatic carbocycles. The van der Waals surface area contributed by atoms with E-state index in [1.165, 1.54) is 0 Å². The average Bonchev–Trinajstić information content (AvgIpc) is 2.76. The highest BCUT2D eigenvalue weighted by Crippen LogP contribution is 2.34. The first-order chi connectivity index (χ1) is 15.7. The van der Waals surface area contributed by atoms with E-state index < -0.39 is 11.8 Å². The van der Waals surface area contributed by atoms with Gasteiger partial charge in [0.15, 0.2) is 18.3 Å².